The smallest absolute Gasteiger partial charge is 0.217 e. The van der Waals surface area contributed by atoms with Crippen LogP contribution >= 0.6 is 11.8 Å². The second-order valence-electron chi connectivity index (χ2n) is 4.60. The molecule has 1 aliphatic rings. The molecule has 0 saturated carbocycles. The van der Waals surface area contributed by atoms with Crippen LogP contribution in [0, 0.1) is 0 Å². The molecule has 6 nitrogen and oxygen atoms in total. The Morgan fingerprint density at radius 3 is 2.74 bits per heavy atom. The Bertz CT molecular complexity index is 459. The largest absolute Gasteiger partial charge is 0.383 e. The number of piperidine rings is 1. The highest BCUT2D eigenvalue weighted by molar-refractivity contribution is 7.98. The predicted octanol–water partition coefficient (Wildman–Crippen LogP) is 0.886. The topological polar surface area (TPSA) is 84.1 Å². The number of nitrogens with one attached hydrogen (secondary N) is 1. The fourth-order valence-electron chi connectivity index (χ4n) is 2.22. The van der Waals surface area contributed by atoms with Crippen LogP contribution < -0.4 is 16.0 Å². The van der Waals surface area contributed by atoms with Crippen molar-refractivity contribution in [2.45, 2.75) is 31.0 Å². The number of aromatic nitrogens is 2. The molecule has 1 amide bonds. The highest BCUT2D eigenvalue weighted by Gasteiger charge is 2.21. The lowest BCUT2D eigenvalue weighted by Crippen LogP contribution is -2.44. The van der Waals surface area contributed by atoms with Crippen molar-refractivity contribution in [3.63, 3.8) is 0 Å². The Balaban J connectivity index is 2.01. The first-order valence-corrected chi connectivity index (χ1v) is 7.51. The van der Waals surface area contributed by atoms with Gasteiger partial charge in [0.25, 0.3) is 0 Å². The van der Waals surface area contributed by atoms with Crippen LogP contribution in [0.15, 0.2) is 11.2 Å². The van der Waals surface area contributed by atoms with Crippen molar-refractivity contribution < 1.29 is 4.79 Å². The van der Waals surface area contributed by atoms with Crippen LogP contribution in [-0.2, 0) is 4.79 Å². The summed E-state index contributed by atoms with van der Waals surface area (Å²) in [6.45, 7) is 3.30. The number of carbonyl (C=O) groups excluding carboxylic acids is 1. The van der Waals surface area contributed by atoms with Gasteiger partial charge >= 0.3 is 0 Å². The van der Waals surface area contributed by atoms with E-state index in [0.29, 0.717) is 11.0 Å². The van der Waals surface area contributed by atoms with E-state index in [4.69, 9.17) is 5.73 Å². The molecular weight excluding hydrogens is 262 g/mol. The Hall–Kier alpha value is -1.50. The van der Waals surface area contributed by atoms with Gasteiger partial charge in [0.1, 0.15) is 11.6 Å². The molecule has 1 fully saturated rings. The Labute approximate surface area is 117 Å². The summed E-state index contributed by atoms with van der Waals surface area (Å²) in [6, 6.07) is 2.08. The molecule has 0 atom stereocenters. The summed E-state index contributed by atoms with van der Waals surface area (Å²) in [4.78, 5) is 21.8. The van der Waals surface area contributed by atoms with Gasteiger partial charge in [0.2, 0.25) is 5.91 Å². The van der Waals surface area contributed by atoms with Crippen molar-refractivity contribution in [2.75, 3.05) is 30.0 Å². The molecule has 7 heteroatoms. The molecule has 2 rings (SSSR count). The highest BCUT2D eigenvalue weighted by Crippen LogP contribution is 2.22. The molecule has 19 heavy (non-hydrogen) atoms. The molecule has 0 bridgehead atoms. The van der Waals surface area contributed by atoms with E-state index in [1.807, 2.05) is 6.26 Å². The zero-order valence-corrected chi connectivity index (χ0v) is 12.0. The fraction of sp³-hybridized carbons (Fsp3) is 0.583. The number of nitrogen functional groups attached to an aromatic ring is 1. The van der Waals surface area contributed by atoms with Crippen LogP contribution in [0.1, 0.15) is 19.8 Å². The number of carbonyl (C=O) groups is 1. The quantitative estimate of drug-likeness (QED) is 0.632. The fourth-order valence-corrected chi connectivity index (χ4v) is 2.61. The number of rotatable bonds is 3. The third-order valence-corrected chi connectivity index (χ3v) is 3.67. The molecule has 0 radical (unpaired) electrons. The van der Waals surface area contributed by atoms with Crippen LogP contribution in [0.2, 0.25) is 0 Å². The van der Waals surface area contributed by atoms with E-state index in [1.54, 1.807) is 13.0 Å². The van der Waals surface area contributed by atoms with E-state index in [-0.39, 0.29) is 11.9 Å². The lowest BCUT2D eigenvalue weighted by Gasteiger charge is -2.33. The summed E-state index contributed by atoms with van der Waals surface area (Å²) in [7, 11) is 0. The van der Waals surface area contributed by atoms with Gasteiger partial charge in [-0.15, -0.1) is 0 Å². The third kappa shape index (κ3) is 3.73. The maximum absolute atomic E-state index is 11.0. The number of thioether (sulfide) groups is 1. The van der Waals surface area contributed by atoms with E-state index in [0.717, 1.165) is 31.7 Å². The molecule has 0 unspecified atom stereocenters. The summed E-state index contributed by atoms with van der Waals surface area (Å²) in [6.07, 6.45) is 3.79. The molecule has 0 aromatic carbocycles. The van der Waals surface area contributed by atoms with Gasteiger partial charge in [0, 0.05) is 32.1 Å². The zero-order valence-electron chi connectivity index (χ0n) is 11.2. The Kier molecular flexibility index (Phi) is 4.47. The average Bonchev–Trinajstić information content (AvgIpc) is 2.38. The van der Waals surface area contributed by atoms with Crippen molar-refractivity contribution >= 4 is 29.3 Å². The molecule has 1 aromatic heterocycles. The van der Waals surface area contributed by atoms with Crippen molar-refractivity contribution in [1.29, 1.82) is 0 Å². The van der Waals surface area contributed by atoms with Crippen LogP contribution in [0.4, 0.5) is 11.6 Å². The van der Waals surface area contributed by atoms with Gasteiger partial charge < -0.3 is 16.0 Å². The maximum atomic E-state index is 11.0. The van der Waals surface area contributed by atoms with Crippen LogP contribution in [0.5, 0.6) is 0 Å². The zero-order chi connectivity index (χ0) is 13.8. The minimum atomic E-state index is 0.0365. The van der Waals surface area contributed by atoms with E-state index in [1.165, 1.54) is 11.8 Å². The van der Waals surface area contributed by atoms with Gasteiger partial charge in [-0.2, -0.15) is 0 Å². The van der Waals surface area contributed by atoms with Crippen molar-refractivity contribution in [2.24, 2.45) is 0 Å². The molecule has 104 valence electrons. The monoisotopic (exact) mass is 281 g/mol. The summed E-state index contributed by atoms with van der Waals surface area (Å²) < 4.78 is 0. The minimum Gasteiger partial charge on any atom is -0.383 e. The minimum absolute atomic E-state index is 0.0365. The summed E-state index contributed by atoms with van der Waals surface area (Å²) in [5, 5.41) is 3.65. The number of anilines is 2. The Morgan fingerprint density at radius 1 is 1.47 bits per heavy atom. The summed E-state index contributed by atoms with van der Waals surface area (Å²) in [5.41, 5.74) is 5.79. The number of nitrogens with two attached hydrogens (primary N) is 1. The molecule has 1 aromatic rings. The Morgan fingerprint density at radius 2 is 2.16 bits per heavy atom. The molecule has 0 spiro atoms. The SMILES string of the molecule is CSc1nc(N)cc(N2CCC(NC(C)=O)CC2)n1. The lowest BCUT2D eigenvalue weighted by molar-refractivity contribution is -0.119. The van der Waals surface area contributed by atoms with Gasteiger partial charge in [-0.3, -0.25) is 4.79 Å². The van der Waals surface area contributed by atoms with Gasteiger partial charge in [-0.1, -0.05) is 11.8 Å². The molecule has 2 heterocycles. The number of hydrogen-bond donors (Lipinski definition) is 2. The molecule has 1 saturated heterocycles. The maximum Gasteiger partial charge on any atom is 0.217 e. The van der Waals surface area contributed by atoms with Gasteiger partial charge in [-0.25, -0.2) is 9.97 Å². The van der Waals surface area contributed by atoms with Gasteiger partial charge in [0.15, 0.2) is 5.16 Å². The normalized spacial score (nSPS) is 16.4. The second-order valence-corrected chi connectivity index (χ2v) is 5.37. The molecule has 1 aliphatic heterocycles. The molecule has 0 aliphatic carbocycles. The van der Waals surface area contributed by atoms with Crippen molar-refractivity contribution in [3.8, 4) is 0 Å². The number of nitrogens with zero attached hydrogens (tertiary/aromatic N) is 3. The lowest BCUT2D eigenvalue weighted by atomic mass is 10.1. The first-order chi connectivity index (χ1) is 9.08. The van der Waals surface area contributed by atoms with E-state index in [2.05, 4.69) is 20.2 Å². The molecule has 3 N–H and O–H groups in total. The second kappa shape index (κ2) is 6.10. The van der Waals surface area contributed by atoms with Crippen LogP contribution in [0.3, 0.4) is 0 Å². The predicted molar refractivity (Wildman–Crippen MR) is 77.3 cm³/mol. The van der Waals surface area contributed by atoms with E-state index < -0.39 is 0 Å². The highest BCUT2D eigenvalue weighted by atomic mass is 32.2. The first-order valence-electron chi connectivity index (χ1n) is 6.29. The van der Waals surface area contributed by atoms with E-state index >= 15 is 0 Å². The average molecular weight is 281 g/mol. The van der Waals surface area contributed by atoms with Gasteiger partial charge in [-0.05, 0) is 19.1 Å². The van der Waals surface area contributed by atoms with Crippen LogP contribution in [-0.4, -0.2) is 41.3 Å². The summed E-state index contributed by atoms with van der Waals surface area (Å²) in [5.74, 6) is 1.41. The van der Waals surface area contributed by atoms with Crippen LogP contribution in [0.25, 0.3) is 0 Å². The third-order valence-electron chi connectivity index (χ3n) is 3.12. The van der Waals surface area contributed by atoms with Crippen molar-refractivity contribution in [1.82, 2.24) is 15.3 Å². The van der Waals surface area contributed by atoms with Gasteiger partial charge in [0.05, 0.1) is 0 Å². The summed E-state index contributed by atoms with van der Waals surface area (Å²) >= 11 is 1.48. The first kappa shape index (κ1) is 13.9. The van der Waals surface area contributed by atoms with Crippen molar-refractivity contribution in [3.05, 3.63) is 6.07 Å². The number of amides is 1. The molecular formula is C12H19N5OS. The standard InChI is InChI=1S/C12H19N5OS/c1-8(18)14-9-3-5-17(6-4-9)11-7-10(13)15-12(16-11)19-2/h7,9H,3-6H2,1-2H3,(H,14,18)(H2,13,15,16). The number of hydrogen-bond acceptors (Lipinski definition) is 6. The van der Waals surface area contributed by atoms with E-state index in [9.17, 15) is 4.79 Å².